The van der Waals surface area contributed by atoms with Gasteiger partial charge in [-0.05, 0) is 80.7 Å². The summed E-state index contributed by atoms with van der Waals surface area (Å²) in [6.07, 6.45) is 0. The van der Waals surface area contributed by atoms with Crippen molar-refractivity contribution in [1.82, 2.24) is 5.32 Å². The Morgan fingerprint density at radius 1 is 1.00 bits per heavy atom. The highest BCUT2D eigenvalue weighted by molar-refractivity contribution is 7.80. The minimum absolute atomic E-state index is 0.0774. The van der Waals surface area contributed by atoms with Crippen LogP contribution < -0.4 is 15.4 Å². The monoisotopic (exact) mass is 496 g/mol. The Labute approximate surface area is 209 Å². The number of aryl methyl sites for hydroxylation is 4. The predicted molar refractivity (Wildman–Crippen MR) is 141 cm³/mol. The number of ether oxygens (including phenoxy) is 2. The van der Waals surface area contributed by atoms with Crippen molar-refractivity contribution in [3.05, 3.63) is 69.6 Å². The SMILES string of the molecule is CCOC(=O)c1c(-c2ccc(C)c(C)c2)csc1NC(=S)NC(=O)COc1cc(C)ccc1C. The number of rotatable bonds is 7. The quantitative estimate of drug-likeness (QED) is 0.322. The van der Waals surface area contributed by atoms with Crippen molar-refractivity contribution in [2.24, 2.45) is 0 Å². The average molecular weight is 497 g/mol. The number of carbonyl (C=O) groups is 2. The van der Waals surface area contributed by atoms with E-state index in [0.29, 0.717) is 16.3 Å². The number of amides is 1. The molecule has 0 atom stereocenters. The van der Waals surface area contributed by atoms with Crippen molar-refractivity contribution >= 4 is 45.5 Å². The predicted octanol–water partition coefficient (Wildman–Crippen LogP) is 5.72. The molecule has 1 aromatic heterocycles. The van der Waals surface area contributed by atoms with E-state index in [4.69, 9.17) is 21.7 Å². The fourth-order valence-electron chi connectivity index (χ4n) is 3.28. The van der Waals surface area contributed by atoms with E-state index in [9.17, 15) is 9.59 Å². The van der Waals surface area contributed by atoms with Gasteiger partial charge in [0.15, 0.2) is 11.7 Å². The first kappa shape index (κ1) is 25.4. The zero-order valence-electron chi connectivity index (χ0n) is 19.9. The van der Waals surface area contributed by atoms with Crippen LogP contribution in [-0.2, 0) is 9.53 Å². The third-order valence-corrected chi connectivity index (χ3v) is 6.37. The van der Waals surface area contributed by atoms with Gasteiger partial charge in [0, 0.05) is 10.9 Å². The van der Waals surface area contributed by atoms with Gasteiger partial charge in [-0.2, -0.15) is 0 Å². The second-order valence-corrected chi connectivity index (χ2v) is 9.22. The summed E-state index contributed by atoms with van der Waals surface area (Å²) in [5, 5.41) is 8.05. The number of benzene rings is 2. The van der Waals surface area contributed by atoms with Crippen molar-refractivity contribution in [3.8, 4) is 16.9 Å². The molecule has 2 aromatic carbocycles. The molecule has 34 heavy (non-hydrogen) atoms. The zero-order chi connectivity index (χ0) is 24.8. The minimum Gasteiger partial charge on any atom is -0.483 e. The topological polar surface area (TPSA) is 76.7 Å². The molecule has 0 aliphatic heterocycles. The number of hydrogen-bond donors (Lipinski definition) is 2. The molecule has 1 amide bonds. The molecule has 2 N–H and O–H groups in total. The number of nitrogens with one attached hydrogen (secondary N) is 2. The molecule has 0 aliphatic carbocycles. The Hall–Kier alpha value is -3.23. The fraction of sp³-hybridized carbons (Fsp3) is 0.269. The van der Waals surface area contributed by atoms with E-state index in [-0.39, 0.29) is 18.3 Å². The van der Waals surface area contributed by atoms with E-state index in [1.54, 1.807) is 6.92 Å². The first-order valence-electron chi connectivity index (χ1n) is 10.9. The molecule has 0 radical (unpaired) electrons. The van der Waals surface area contributed by atoms with Gasteiger partial charge in [-0.25, -0.2) is 4.79 Å². The Balaban J connectivity index is 1.73. The van der Waals surface area contributed by atoms with Crippen molar-refractivity contribution in [2.45, 2.75) is 34.6 Å². The van der Waals surface area contributed by atoms with E-state index in [1.165, 1.54) is 16.9 Å². The fourth-order valence-corrected chi connectivity index (χ4v) is 4.52. The molecule has 3 rings (SSSR count). The first-order valence-corrected chi connectivity index (χ1v) is 12.2. The second kappa shape index (κ2) is 11.3. The minimum atomic E-state index is -0.452. The normalized spacial score (nSPS) is 10.5. The van der Waals surface area contributed by atoms with Crippen molar-refractivity contribution < 1.29 is 19.1 Å². The largest absolute Gasteiger partial charge is 0.483 e. The van der Waals surface area contributed by atoms with Gasteiger partial charge in [0.05, 0.1) is 6.61 Å². The lowest BCUT2D eigenvalue weighted by Gasteiger charge is -2.13. The number of thiophene rings is 1. The molecule has 0 spiro atoms. The van der Waals surface area contributed by atoms with Gasteiger partial charge in [0.1, 0.15) is 16.3 Å². The summed E-state index contributed by atoms with van der Waals surface area (Å²) < 4.78 is 10.9. The maximum atomic E-state index is 12.8. The average Bonchev–Trinajstić information content (AvgIpc) is 3.19. The summed E-state index contributed by atoms with van der Waals surface area (Å²) in [6, 6.07) is 11.8. The molecule has 0 bridgehead atoms. The summed E-state index contributed by atoms with van der Waals surface area (Å²) in [5.41, 5.74) is 6.33. The first-order chi connectivity index (χ1) is 16.2. The van der Waals surface area contributed by atoms with E-state index in [2.05, 4.69) is 10.6 Å². The Bertz CT molecular complexity index is 1230. The standard InChI is InChI=1S/C26H28N2O4S2/c1-6-31-25(30)23-20(19-10-9-16(3)18(5)12-19)14-34-24(23)28-26(33)27-22(29)13-32-21-11-15(2)7-8-17(21)4/h7-12,14H,6,13H2,1-5H3,(H2,27,28,29,33). The number of thiocarbonyl (C=S) groups is 1. The highest BCUT2D eigenvalue weighted by Crippen LogP contribution is 2.37. The maximum absolute atomic E-state index is 12.8. The van der Waals surface area contributed by atoms with Crippen LogP contribution >= 0.6 is 23.6 Å². The third kappa shape index (κ3) is 6.21. The van der Waals surface area contributed by atoms with Crippen LogP contribution in [0.1, 0.15) is 39.5 Å². The second-order valence-electron chi connectivity index (χ2n) is 7.93. The number of carbonyl (C=O) groups excluding carboxylic acids is 2. The van der Waals surface area contributed by atoms with Crippen LogP contribution in [0, 0.1) is 27.7 Å². The van der Waals surface area contributed by atoms with Gasteiger partial charge in [-0.3, -0.25) is 10.1 Å². The molecule has 3 aromatic rings. The van der Waals surface area contributed by atoms with E-state index >= 15 is 0 Å². The highest BCUT2D eigenvalue weighted by Gasteiger charge is 2.23. The molecule has 8 heteroatoms. The van der Waals surface area contributed by atoms with E-state index in [1.807, 2.05) is 69.5 Å². The summed E-state index contributed by atoms with van der Waals surface area (Å²) in [6.45, 7) is 9.76. The molecule has 0 aliphatic rings. The lowest BCUT2D eigenvalue weighted by atomic mass is 9.99. The Morgan fingerprint density at radius 3 is 2.44 bits per heavy atom. The van der Waals surface area contributed by atoms with Crippen LogP contribution in [0.3, 0.4) is 0 Å². The molecule has 178 valence electrons. The Morgan fingerprint density at radius 2 is 1.74 bits per heavy atom. The highest BCUT2D eigenvalue weighted by atomic mass is 32.1. The van der Waals surface area contributed by atoms with Gasteiger partial charge in [0.2, 0.25) is 0 Å². The van der Waals surface area contributed by atoms with Crippen LogP contribution in [0.5, 0.6) is 5.75 Å². The Kier molecular flexibility index (Phi) is 8.41. The van der Waals surface area contributed by atoms with Crippen molar-refractivity contribution in [3.63, 3.8) is 0 Å². The summed E-state index contributed by atoms with van der Waals surface area (Å²) >= 11 is 6.64. The zero-order valence-corrected chi connectivity index (χ0v) is 21.5. The lowest BCUT2D eigenvalue weighted by molar-refractivity contribution is -0.121. The lowest BCUT2D eigenvalue weighted by Crippen LogP contribution is -2.37. The van der Waals surface area contributed by atoms with Crippen LogP contribution in [0.2, 0.25) is 0 Å². The van der Waals surface area contributed by atoms with Crippen LogP contribution in [-0.4, -0.2) is 30.2 Å². The van der Waals surface area contributed by atoms with Crippen LogP contribution in [0.15, 0.2) is 41.8 Å². The van der Waals surface area contributed by atoms with Crippen molar-refractivity contribution in [2.75, 3.05) is 18.5 Å². The molecular weight excluding hydrogens is 468 g/mol. The van der Waals surface area contributed by atoms with Gasteiger partial charge in [-0.15, -0.1) is 11.3 Å². The summed E-state index contributed by atoms with van der Waals surface area (Å²) in [7, 11) is 0. The number of esters is 1. The van der Waals surface area contributed by atoms with Gasteiger partial charge >= 0.3 is 5.97 Å². The molecule has 0 unspecified atom stereocenters. The third-order valence-electron chi connectivity index (χ3n) is 5.27. The van der Waals surface area contributed by atoms with Gasteiger partial charge in [-0.1, -0.05) is 30.3 Å². The summed E-state index contributed by atoms with van der Waals surface area (Å²) in [4.78, 5) is 25.2. The number of anilines is 1. The molecule has 0 saturated heterocycles. The summed E-state index contributed by atoms with van der Waals surface area (Å²) in [5.74, 6) is -0.205. The van der Waals surface area contributed by atoms with Crippen LogP contribution in [0.25, 0.3) is 11.1 Å². The van der Waals surface area contributed by atoms with Gasteiger partial charge in [0.25, 0.3) is 5.91 Å². The molecule has 0 fully saturated rings. The number of hydrogen-bond acceptors (Lipinski definition) is 6. The smallest absolute Gasteiger partial charge is 0.341 e. The molecule has 0 saturated carbocycles. The molecule has 6 nitrogen and oxygen atoms in total. The molecule has 1 heterocycles. The maximum Gasteiger partial charge on any atom is 0.341 e. The van der Waals surface area contributed by atoms with E-state index < -0.39 is 11.9 Å². The van der Waals surface area contributed by atoms with Gasteiger partial charge < -0.3 is 14.8 Å². The van der Waals surface area contributed by atoms with E-state index in [0.717, 1.165) is 27.8 Å². The van der Waals surface area contributed by atoms with Crippen LogP contribution in [0.4, 0.5) is 5.00 Å². The molecular formula is C26H28N2O4S2. The van der Waals surface area contributed by atoms with Crippen molar-refractivity contribution in [1.29, 1.82) is 0 Å².